The van der Waals surface area contributed by atoms with Crippen molar-refractivity contribution >= 4 is 11.6 Å². The summed E-state index contributed by atoms with van der Waals surface area (Å²) in [5, 5.41) is 8.34. The van der Waals surface area contributed by atoms with Gasteiger partial charge in [-0.3, -0.25) is 0 Å². The number of hydrogen-bond donors (Lipinski definition) is 0. The number of nitrogens with zero attached hydrogens (tertiary/aromatic N) is 2. The Balaban J connectivity index is 1.74. The van der Waals surface area contributed by atoms with Crippen LogP contribution in [0.5, 0.6) is 5.75 Å². The molecular weight excluding hydrogens is 307 g/mol. The van der Waals surface area contributed by atoms with Gasteiger partial charge in [0.25, 0.3) is 11.8 Å². The van der Waals surface area contributed by atoms with E-state index in [1.54, 1.807) is 36.4 Å². The van der Waals surface area contributed by atoms with Crippen LogP contribution in [0.1, 0.15) is 11.5 Å². The van der Waals surface area contributed by atoms with Gasteiger partial charge in [-0.2, -0.15) is 0 Å². The molecule has 0 bridgehead atoms. The molecule has 0 aliphatic rings. The molecule has 0 radical (unpaired) electrons. The highest BCUT2D eigenvalue weighted by molar-refractivity contribution is 6.30. The molecule has 112 valence electrons. The molecule has 0 spiro atoms. The van der Waals surface area contributed by atoms with Crippen LogP contribution >= 0.6 is 11.6 Å². The van der Waals surface area contributed by atoms with Crippen molar-refractivity contribution < 1.29 is 13.5 Å². The minimum absolute atomic E-state index is 0.101. The third-order valence-corrected chi connectivity index (χ3v) is 3.29. The van der Waals surface area contributed by atoms with Crippen molar-refractivity contribution in [2.24, 2.45) is 0 Å². The first kappa shape index (κ1) is 14.5. The number of aromatic nitrogens is 2. The molecule has 3 aromatic rings. The van der Waals surface area contributed by atoms with E-state index in [4.69, 9.17) is 20.8 Å². The Hall–Kier alpha value is -2.40. The zero-order valence-electron chi connectivity index (χ0n) is 11.7. The van der Waals surface area contributed by atoms with Gasteiger partial charge in [0.2, 0.25) is 0 Å². The second-order valence-electron chi connectivity index (χ2n) is 4.68. The van der Waals surface area contributed by atoms with E-state index in [1.165, 1.54) is 6.07 Å². The van der Waals surface area contributed by atoms with Gasteiger partial charge in [-0.05, 0) is 42.8 Å². The van der Waals surface area contributed by atoms with E-state index in [2.05, 4.69) is 10.2 Å². The summed E-state index contributed by atoms with van der Waals surface area (Å²) in [7, 11) is 0. The highest BCUT2D eigenvalue weighted by Gasteiger charge is 2.13. The standard InChI is InChI=1S/C16H12ClFN2O2/c1-10-8-11(17)6-7-14(10)21-9-15-19-20-16(22-15)12-4-2-3-5-13(12)18/h2-8H,9H2,1H3. The molecule has 0 saturated heterocycles. The minimum atomic E-state index is -0.410. The van der Waals surface area contributed by atoms with E-state index in [-0.39, 0.29) is 24.0 Å². The minimum Gasteiger partial charge on any atom is -0.484 e. The first-order chi connectivity index (χ1) is 10.6. The normalized spacial score (nSPS) is 10.7. The molecule has 6 heteroatoms. The van der Waals surface area contributed by atoms with Crippen molar-refractivity contribution in [3.63, 3.8) is 0 Å². The molecule has 0 N–H and O–H groups in total. The highest BCUT2D eigenvalue weighted by atomic mass is 35.5. The van der Waals surface area contributed by atoms with Gasteiger partial charge in [-0.15, -0.1) is 10.2 Å². The Kier molecular flexibility index (Phi) is 4.06. The Labute approximate surface area is 131 Å². The van der Waals surface area contributed by atoms with E-state index >= 15 is 0 Å². The number of benzene rings is 2. The van der Waals surface area contributed by atoms with E-state index in [9.17, 15) is 4.39 Å². The maximum absolute atomic E-state index is 13.7. The summed E-state index contributed by atoms with van der Waals surface area (Å²) >= 11 is 5.89. The fourth-order valence-electron chi connectivity index (χ4n) is 1.97. The molecule has 0 aliphatic carbocycles. The van der Waals surface area contributed by atoms with E-state index in [1.807, 2.05) is 6.92 Å². The average molecular weight is 319 g/mol. The first-order valence-corrected chi connectivity index (χ1v) is 6.97. The van der Waals surface area contributed by atoms with Crippen molar-refractivity contribution in [1.82, 2.24) is 10.2 Å². The topological polar surface area (TPSA) is 48.2 Å². The predicted octanol–water partition coefficient (Wildman–Crippen LogP) is 4.42. The molecule has 0 fully saturated rings. The fourth-order valence-corrected chi connectivity index (χ4v) is 2.20. The summed E-state index contributed by atoms with van der Waals surface area (Å²) in [6.45, 7) is 1.99. The van der Waals surface area contributed by atoms with Crippen molar-refractivity contribution in [3.8, 4) is 17.2 Å². The Morgan fingerprint density at radius 3 is 2.77 bits per heavy atom. The second kappa shape index (κ2) is 6.15. The lowest BCUT2D eigenvalue weighted by Gasteiger charge is -2.06. The number of rotatable bonds is 4. The van der Waals surface area contributed by atoms with Gasteiger partial charge >= 0.3 is 0 Å². The lowest BCUT2D eigenvalue weighted by molar-refractivity contribution is 0.263. The molecule has 0 unspecified atom stereocenters. The Morgan fingerprint density at radius 1 is 1.18 bits per heavy atom. The van der Waals surface area contributed by atoms with Crippen molar-refractivity contribution in [2.45, 2.75) is 13.5 Å². The molecular formula is C16H12ClFN2O2. The van der Waals surface area contributed by atoms with Crippen LogP contribution in [0.4, 0.5) is 4.39 Å². The van der Waals surface area contributed by atoms with Gasteiger partial charge in [-0.25, -0.2) is 4.39 Å². The zero-order chi connectivity index (χ0) is 15.5. The van der Waals surface area contributed by atoms with Gasteiger partial charge < -0.3 is 9.15 Å². The number of aryl methyl sites for hydroxylation is 1. The second-order valence-corrected chi connectivity index (χ2v) is 5.12. The summed E-state index contributed by atoms with van der Waals surface area (Å²) < 4.78 is 24.7. The third-order valence-electron chi connectivity index (χ3n) is 3.06. The summed E-state index contributed by atoms with van der Waals surface area (Å²) in [6.07, 6.45) is 0. The summed E-state index contributed by atoms with van der Waals surface area (Å²) in [5.41, 5.74) is 1.17. The van der Waals surface area contributed by atoms with Crippen LogP contribution in [0.2, 0.25) is 5.02 Å². The molecule has 4 nitrogen and oxygen atoms in total. The first-order valence-electron chi connectivity index (χ1n) is 6.60. The van der Waals surface area contributed by atoms with E-state index in [0.29, 0.717) is 10.8 Å². The molecule has 22 heavy (non-hydrogen) atoms. The number of halogens is 2. The van der Waals surface area contributed by atoms with E-state index in [0.717, 1.165) is 5.56 Å². The number of ether oxygens (including phenoxy) is 1. The molecule has 1 aromatic heterocycles. The van der Waals surface area contributed by atoms with Crippen LogP contribution in [-0.2, 0) is 6.61 Å². The van der Waals surface area contributed by atoms with Crippen molar-refractivity contribution in [1.29, 1.82) is 0 Å². The SMILES string of the molecule is Cc1cc(Cl)ccc1OCc1nnc(-c2ccccc2F)o1. The average Bonchev–Trinajstić information content (AvgIpc) is 2.95. The largest absolute Gasteiger partial charge is 0.484 e. The number of hydrogen-bond acceptors (Lipinski definition) is 4. The molecule has 0 amide bonds. The van der Waals surface area contributed by atoms with Gasteiger partial charge in [-0.1, -0.05) is 23.7 Å². The van der Waals surface area contributed by atoms with Crippen LogP contribution in [0, 0.1) is 12.7 Å². The molecule has 0 aliphatic heterocycles. The lowest BCUT2D eigenvalue weighted by Crippen LogP contribution is -1.97. The molecule has 3 rings (SSSR count). The van der Waals surface area contributed by atoms with Gasteiger partial charge in [0.1, 0.15) is 11.6 Å². The van der Waals surface area contributed by atoms with E-state index < -0.39 is 5.82 Å². The maximum Gasteiger partial charge on any atom is 0.254 e. The Morgan fingerprint density at radius 2 is 2.00 bits per heavy atom. The highest BCUT2D eigenvalue weighted by Crippen LogP contribution is 2.24. The summed E-state index contributed by atoms with van der Waals surface area (Å²) in [5.74, 6) is 0.666. The Bertz CT molecular complexity index is 804. The van der Waals surface area contributed by atoms with Crippen LogP contribution in [-0.4, -0.2) is 10.2 Å². The van der Waals surface area contributed by atoms with Crippen LogP contribution in [0.25, 0.3) is 11.5 Å². The third kappa shape index (κ3) is 3.09. The molecule has 2 aromatic carbocycles. The van der Waals surface area contributed by atoms with Crippen LogP contribution in [0.3, 0.4) is 0 Å². The molecule has 0 saturated carbocycles. The smallest absolute Gasteiger partial charge is 0.254 e. The molecule has 1 heterocycles. The van der Waals surface area contributed by atoms with Gasteiger partial charge in [0.05, 0.1) is 5.56 Å². The van der Waals surface area contributed by atoms with Crippen molar-refractivity contribution in [3.05, 3.63) is 64.8 Å². The predicted molar refractivity (Wildman–Crippen MR) is 80.2 cm³/mol. The quantitative estimate of drug-likeness (QED) is 0.714. The zero-order valence-corrected chi connectivity index (χ0v) is 12.5. The maximum atomic E-state index is 13.7. The van der Waals surface area contributed by atoms with Crippen LogP contribution in [0.15, 0.2) is 46.9 Å². The van der Waals surface area contributed by atoms with Gasteiger partial charge in [0.15, 0.2) is 6.61 Å². The van der Waals surface area contributed by atoms with Crippen LogP contribution < -0.4 is 4.74 Å². The monoisotopic (exact) mass is 318 g/mol. The summed E-state index contributed by atoms with van der Waals surface area (Å²) in [4.78, 5) is 0. The van der Waals surface area contributed by atoms with Crippen molar-refractivity contribution in [2.75, 3.05) is 0 Å². The van der Waals surface area contributed by atoms with Gasteiger partial charge in [0, 0.05) is 5.02 Å². The molecule has 0 atom stereocenters. The lowest BCUT2D eigenvalue weighted by atomic mass is 10.2. The summed E-state index contributed by atoms with van der Waals surface area (Å²) in [6, 6.07) is 11.5. The fraction of sp³-hybridized carbons (Fsp3) is 0.125.